The van der Waals surface area contributed by atoms with Crippen LogP contribution in [0.4, 0.5) is 5.69 Å². The van der Waals surface area contributed by atoms with E-state index in [0.717, 1.165) is 10.9 Å². The van der Waals surface area contributed by atoms with Crippen LogP contribution in [0, 0.1) is 10.1 Å². The predicted octanol–water partition coefficient (Wildman–Crippen LogP) is 1.49. The predicted molar refractivity (Wildman–Crippen MR) is 77.8 cm³/mol. The number of aromatic nitrogens is 1. The maximum atomic E-state index is 12.6. The molecular formula is C14H10N2O4Se. The van der Waals surface area contributed by atoms with E-state index in [1.807, 2.05) is 18.2 Å². The molecule has 0 radical (unpaired) electrons. The number of aromatic amines is 1. The minimum atomic E-state index is -4.58. The van der Waals surface area contributed by atoms with Crippen molar-refractivity contribution >= 4 is 38.4 Å². The van der Waals surface area contributed by atoms with E-state index in [9.17, 15) is 17.8 Å². The van der Waals surface area contributed by atoms with Crippen molar-refractivity contribution in [2.24, 2.45) is 0 Å². The van der Waals surface area contributed by atoms with Crippen LogP contribution >= 0.6 is 0 Å². The molecule has 0 bridgehead atoms. The van der Waals surface area contributed by atoms with Crippen molar-refractivity contribution in [2.45, 2.75) is 0 Å². The van der Waals surface area contributed by atoms with E-state index in [2.05, 4.69) is 4.98 Å². The summed E-state index contributed by atoms with van der Waals surface area (Å²) in [5, 5.41) is 11.4. The van der Waals surface area contributed by atoms with Crippen LogP contribution in [0.2, 0.25) is 0 Å². The van der Waals surface area contributed by atoms with Gasteiger partial charge >= 0.3 is 121 Å². The van der Waals surface area contributed by atoms with Crippen molar-refractivity contribution in [3.63, 3.8) is 0 Å². The van der Waals surface area contributed by atoms with Gasteiger partial charge in [-0.15, -0.1) is 0 Å². The number of hydrogen-bond donors (Lipinski definition) is 1. The first-order valence-electron chi connectivity index (χ1n) is 6.06. The van der Waals surface area contributed by atoms with Crippen LogP contribution in [-0.4, -0.2) is 22.6 Å². The summed E-state index contributed by atoms with van der Waals surface area (Å²) in [6.07, 6.45) is 0. The zero-order chi connectivity index (χ0) is 15.0. The third kappa shape index (κ3) is 2.33. The number of nitrogens with zero attached hydrogens (tertiary/aromatic N) is 1. The van der Waals surface area contributed by atoms with E-state index in [1.54, 1.807) is 12.1 Å². The van der Waals surface area contributed by atoms with Gasteiger partial charge in [-0.3, -0.25) is 0 Å². The van der Waals surface area contributed by atoms with Gasteiger partial charge in [-0.1, -0.05) is 0 Å². The molecule has 1 aromatic heterocycles. The Morgan fingerprint density at radius 1 is 1.00 bits per heavy atom. The molecule has 0 atom stereocenters. The first-order valence-corrected chi connectivity index (χ1v) is 9.17. The Labute approximate surface area is 121 Å². The number of H-pyrrole nitrogens is 1. The number of para-hydroxylation sites is 1. The first kappa shape index (κ1) is 13.5. The number of nitro groups is 1. The van der Waals surface area contributed by atoms with E-state index in [-0.39, 0.29) is 14.7 Å². The van der Waals surface area contributed by atoms with E-state index in [4.69, 9.17) is 0 Å². The molecule has 6 nitrogen and oxygen atoms in total. The quantitative estimate of drug-likeness (QED) is 0.440. The Morgan fingerprint density at radius 2 is 1.67 bits per heavy atom. The Bertz CT molecular complexity index is 894. The third-order valence-corrected chi connectivity index (χ3v) is 6.70. The molecular weight excluding hydrogens is 339 g/mol. The molecule has 106 valence electrons. The second-order valence-corrected chi connectivity index (χ2v) is 8.50. The van der Waals surface area contributed by atoms with Crippen LogP contribution in [0.5, 0.6) is 0 Å². The fourth-order valence-electron chi connectivity index (χ4n) is 2.07. The summed E-state index contributed by atoms with van der Waals surface area (Å²) in [6, 6.07) is 13.8. The molecule has 2 aromatic carbocycles. The summed E-state index contributed by atoms with van der Waals surface area (Å²) < 4.78 is 25.3. The normalized spacial score (nSPS) is 11.6. The van der Waals surface area contributed by atoms with E-state index in [0.29, 0.717) is 0 Å². The van der Waals surface area contributed by atoms with Crippen molar-refractivity contribution in [2.75, 3.05) is 0 Å². The molecule has 3 rings (SSSR count). The molecule has 0 saturated heterocycles. The van der Waals surface area contributed by atoms with Gasteiger partial charge in [0.15, 0.2) is 0 Å². The Kier molecular flexibility index (Phi) is 3.08. The third-order valence-electron chi connectivity index (χ3n) is 3.15. The Hall–Kier alpha value is -2.50. The average molecular weight is 349 g/mol. The van der Waals surface area contributed by atoms with Gasteiger partial charge in [0.25, 0.3) is 0 Å². The van der Waals surface area contributed by atoms with E-state index < -0.39 is 17.6 Å². The second kappa shape index (κ2) is 4.80. The van der Waals surface area contributed by atoms with Gasteiger partial charge in [0.1, 0.15) is 0 Å². The summed E-state index contributed by atoms with van der Waals surface area (Å²) in [4.78, 5) is 12.9. The summed E-state index contributed by atoms with van der Waals surface area (Å²) in [6.45, 7) is 0. The van der Waals surface area contributed by atoms with Gasteiger partial charge in [-0.05, 0) is 0 Å². The van der Waals surface area contributed by atoms with Crippen LogP contribution in [0.1, 0.15) is 0 Å². The Balaban J connectivity index is 2.09. The number of benzene rings is 2. The molecule has 21 heavy (non-hydrogen) atoms. The molecule has 0 amide bonds. The number of rotatable bonds is 3. The molecule has 0 unspecified atom stereocenters. The van der Waals surface area contributed by atoms with Crippen molar-refractivity contribution in [3.8, 4) is 0 Å². The van der Waals surface area contributed by atoms with Crippen molar-refractivity contribution in [3.05, 3.63) is 64.7 Å². The van der Waals surface area contributed by atoms with Gasteiger partial charge in [-0.2, -0.15) is 0 Å². The van der Waals surface area contributed by atoms with Gasteiger partial charge in [-0.25, -0.2) is 0 Å². The summed E-state index contributed by atoms with van der Waals surface area (Å²) in [7, 11) is 0. The topological polar surface area (TPSA) is 93.1 Å². The molecule has 0 aliphatic heterocycles. The van der Waals surface area contributed by atoms with Gasteiger partial charge in [0, 0.05) is 0 Å². The average Bonchev–Trinajstić information content (AvgIpc) is 2.92. The van der Waals surface area contributed by atoms with Crippen LogP contribution < -0.4 is 9.05 Å². The van der Waals surface area contributed by atoms with E-state index in [1.165, 1.54) is 24.3 Å². The molecule has 0 fully saturated rings. The number of hydrogen-bond acceptors (Lipinski definition) is 4. The SMILES string of the molecule is O=[N+]([O-])c1ccc([Se](=O)(=O)c2cc3ccccc3[nH]2)cc1. The number of non-ortho nitro benzene ring substituents is 1. The van der Waals surface area contributed by atoms with Gasteiger partial charge in [0.05, 0.1) is 0 Å². The first-order chi connectivity index (χ1) is 9.98. The number of fused-ring (bicyclic) bond motifs is 1. The number of nitrogens with one attached hydrogen (secondary N) is 1. The van der Waals surface area contributed by atoms with Crippen molar-refractivity contribution < 1.29 is 12.6 Å². The molecule has 3 aromatic rings. The van der Waals surface area contributed by atoms with Crippen LogP contribution in [0.15, 0.2) is 54.6 Å². The standard InChI is InChI=1S/C14H10N2O4Se/c17-16(18)11-5-7-12(8-6-11)21(19,20)14-9-10-3-1-2-4-13(10)15-14/h1-9,15H. The Morgan fingerprint density at radius 3 is 2.29 bits per heavy atom. The van der Waals surface area contributed by atoms with Crippen LogP contribution in [-0.2, 0) is 7.67 Å². The summed E-state index contributed by atoms with van der Waals surface area (Å²) in [5.41, 5.74) is 0.603. The van der Waals surface area contributed by atoms with Crippen LogP contribution in [0.25, 0.3) is 10.9 Å². The van der Waals surface area contributed by atoms with Gasteiger partial charge in [0.2, 0.25) is 0 Å². The van der Waals surface area contributed by atoms with E-state index >= 15 is 0 Å². The molecule has 7 heteroatoms. The molecule has 0 aliphatic rings. The maximum absolute atomic E-state index is 12.6. The molecule has 0 saturated carbocycles. The van der Waals surface area contributed by atoms with Crippen LogP contribution in [0.3, 0.4) is 0 Å². The zero-order valence-electron chi connectivity index (χ0n) is 10.7. The monoisotopic (exact) mass is 350 g/mol. The molecule has 1 N–H and O–H groups in total. The fourth-order valence-corrected chi connectivity index (χ4v) is 4.74. The molecule has 1 heterocycles. The molecule has 0 spiro atoms. The van der Waals surface area contributed by atoms with Gasteiger partial charge < -0.3 is 0 Å². The minimum absolute atomic E-state index is 0.0865. The number of nitro benzene ring substituents is 1. The van der Waals surface area contributed by atoms with Crippen molar-refractivity contribution in [1.82, 2.24) is 4.98 Å². The summed E-state index contributed by atoms with van der Waals surface area (Å²) >= 11 is -4.58. The second-order valence-electron chi connectivity index (χ2n) is 4.48. The fraction of sp³-hybridized carbons (Fsp3) is 0. The zero-order valence-corrected chi connectivity index (χ0v) is 12.4. The summed E-state index contributed by atoms with van der Waals surface area (Å²) in [5.74, 6) is 0. The molecule has 0 aliphatic carbocycles. The van der Waals surface area contributed by atoms with Crippen molar-refractivity contribution in [1.29, 1.82) is 0 Å².